The van der Waals surface area contributed by atoms with Gasteiger partial charge in [0.25, 0.3) is 0 Å². The molecule has 0 aromatic carbocycles. The van der Waals surface area contributed by atoms with E-state index in [9.17, 15) is 0 Å². The summed E-state index contributed by atoms with van der Waals surface area (Å²) in [5, 5.41) is 7.07. The standard InChI is InChI=1S/C5H5N.4C4H4N2.C3H3N.6C2H6.Y/c1-2-4-6-5-3-1;1-2-6-4-3-5-1;2*1-2-5-4-6-3-1;1-2-4-6-5-3-1;1-3-4-2;6*1-2;/h1-5H;4*1-4H;1-3H;6*1-2H3;/q;;;;;-2;;;;;;;. The molecule has 0 bridgehead atoms. The van der Waals surface area contributed by atoms with Crippen LogP contribution in [0.2, 0.25) is 0 Å². The van der Waals surface area contributed by atoms with Gasteiger partial charge in [0.15, 0.2) is 0 Å². The summed E-state index contributed by atoms with van der Waals surface area (Å²) in [7, 11) is 0. The number of hydrogen-bond donors (Lipinski definition) is 0. The zero-order chi connectivity index (χ0) is 36.6. The summed E-state index contributed by atoms with van der Waals surface area (Å²) in [6.07, 6.45) is 24.1. The monoisotopic (exact) mass is 721 g/mol. The molecule has 0 amide bonds. The first-order valence-corrected chi connectivity index (χ1v) is 15.5. The van der Waals surface area contributed by atoms with E-state index >= 15 is 0 Å². The van der Waals surface area contributed by atoms with Crippen LogP contribution in [-0.4, -0.2) is 51.8 Å². The van der Waals surface area contributed by atoms with Crippen LogP contribution in [0.15, 0.2) is 141 Å². The SMILES string of the molecule is CC.CC.CC.CC.CC.CC.[CH-]=CN=[CH-].[Y].c1ccncc1.c1ccnnc1.c1cnccn1.c1cncnc1.c1cncnc1. The Kier molecular flexibility index (Phi) is 119. The molecule has 47 heavy (non-hydrogen) atoms. The Balaban J connectivity index is -0.0000000608. The van der Waals surface area contributed by atoms with Gasteiger partial charge in [-0.05, 0) is 36.4 Å². The van der Waals surface area contributed by atoms with Crippen molar-refractivity contribution in [2.75, 3.05) is 0 Å². The fourth-order valence-corrected chi connectivity index (χ4v) is 1.33. The molecule has 5 aromatic rings. The number of rotatable bonds is 1. The van der Waals surface area contributed by atoms with Crippen LogP contribution >= 0.6 is 0 Å². The molecule has 5 heterocycles. The summed E-state index contributed by atoms with van der Waals surface area (Å²) < 4.78 is 0. The molecule has 0 atom stereocenters. The second-order valence-corrected chi connectivity index (χ2v) is 4.94. The van der Waals surface area contributed by atoms with Gasteiger partial charge in [-0.2, -0.15) is 16.9 Å². The number of aromatic nitrogens is 9. The molecule has 0 aliphatic rings. The van der Waals surface area contributed by atoms with E-state index in [1.165, 1.54) is 12.7 Å². The number of nitrogens with zero attached hydrogens (tertiary/aromatic N) is 10. The number of aliphatic imine (C=N–C) groups is 1. The van der Waals surface area contributed by atoms with E-state index in [4.69, 9.17) is 0 Å². The van der Waals surface area contributed by atoms with Gasteiger partial charge < -0.3 is 17.8 Å². The molecule has 0 fully saturated rings. The van der Waals surface area contributed by atoms with Gasteiger partial charge in [0, 0.05) is 107 Å². The molecule has 0 saturated heterocycles. The van der Waals surface area contributed by atoms with Crippen LogP contribution in [0.25, 0.3) is 0 Å². The minimum atomic E-state index is 0. The quantitative estimate of drug-likeness (QED) is 0.123. The van der Waals surface area contributed by atoms with Crippen molar-refractivity contribution in [2.24, 2.45) is 4.99 Å². The fourth-order valence-electron chi connectivity index (χ4n) is 1.33. The van der Waals surface area contributed by atoms with Crippen LogP contribution in [0.1, 0.15) is 83.1 Å². The maximum atomic E-state index is 4.61. The largest absolute Gasteiger partial charge is 0.601 e. The van der Waals surface area contributed by atoms with E-state index in [1.54, 1.807) is 86.5 Å². The summed E-state index contributed by atoms with van der Waals surface area (Å²) >= 11 is 0. The molecule has 0 N–H and O–H groups in total. The summed E-state index contributed by atoms with van der Waals surface area (Å²) in [6.45, 7) is 33.1. The van der Waals surface area contributed by atoms with E-state index in [2.05, 4.69) is 63.4 Å². The molecule has 0 spiro atoms. The van der Waals surface area contributed by atoms with Crippen molar-refractivity contribution in [3.05, 3.63) is 142 Å². The minimum Gasteiger partial charge on any atom is -0.601 e. The topological polar surface area (TPSA) is 128 Å². The zero-order valence-electron chi connectivity index (χ0n) is 30.9. The van der Waals surface area contributed by atoms with Gasteiger partial charge in [0.1, 0.15) is 12.7 Å². The van der Waals surface area contributed by atoms with E-state index in [0.717, 1.165) is 6.20 Å². The molecule has 0 aliphatic heterocycles. The summed E-state index contributed by atoms with van der Waals surface area (Å²) in [4.78, 5) is 28.8. The van der Waals surface area contributed by atoms with Crippen LogP contribution in [0.4, 0.5) is 0 Å². The summed E-state index contributed by atoms with van der Waals surface area (Å²) in [6, 6.07) is 12.9. The fraction of sp³-hybridized carbons (Fsp3) is 0.333. The van der Waals surface area contributed by atoms with E-state index in [1.807, 2.05) is 113 Å². The molecule has 259 valence electrons. The third kappa shape index (κ3) is 92.2. The summed E-state index contributed by atoms with van der Waals surface area (Å²) in [5.41, 5.74) is 0. The van der Waals surface area contributed by atoms with Gasteiger partial charge >= 0.3 is 0 Å². The number of hydrogen-bond acceptors (Lipinski definition) is 10. The molecule has 0 unspecified atom stereocenters. The van der Waals surface area contributed by atoms with Crippen LogP contribution in [0.5, 0.6) is 0 Å². The van der Waals surface area contributed by atoms with Gasteiger partial charge in [-0.25, -0.2) is 19.9 Å². The van der Waals surface area contributed by atoms with Gasteiger partial charge in [-0.1, -0.05) is 89.2 Å². The van der Waals surface area contributed by atoms with Crippen molar-refractivity contribution in [1.82, 2.24) is 45.1 Å². The van der Waals surface area contributed by atoms with Gasteiger partial charge in [-0.15, -0.1) is 0 Å². The van der Waals surface area contributed by atoms with Gasteiger partial charge in [-0.3, -0.25) is 15.0 Å². The third-order valence-electron chi connectivity index (χ3n) is 2.57. The van der Waals surface area contributed by atoms with Crippen LogP contribution in [-0.2, 0) is 32.7 Å². The Labute approximate surface area is 313 Å². The van der Waals surface area contributed by atoms with Crippen molar-refractivity contribution in [3.8, 4) is 0 Å². The molecule has 5 aromatic heterocycles. The molecule has 1 radical (unpaired) electrons. The van der Waals surface area contributed by atoms with Crippen molar-refractivity contribution in [3.63, 3.8) is 0 Å². The van der Waals surface area contributed by atoms with Crippen molar-refractivity contribution >= 4 is 6.72 Å². The molecular weight excluding hydrogens is 661 g/mol. The smallest absolute Gasteiger partial charge is 0.115 e. The Bertz CT molecular complexity index is 668. The van der Waals surface area contributed by atoms with Crippen molar-refractivity contribution in [2.45, 2.75) is 83.1 Å². The maximum Gasteiger partial charge on any atom is 0.115 e. The normalized spacial score (nSPS) is 6.30. The van der Waals surface area contributed by atoms with E-state index in [0.29, 0.717) is 0 Å². The number of pyridine rings is 1. The summed E-state index contributed by atoms with van der Waals surface area (Å²) in [5.74, 6) is 0. The van der Waals surface area contributed by atoms with E-state index in [-0.39, 0.29) is 32.7 Å². The van der Waals surface area contributed by atoms with Crippen molar-refractivity contribution in [1.29, 1.82) is 0 Å². The maximum absolute atomic E-state index is 4.61. The molecule has 10 nitrogen and oxygen atoms in total. The first-order valence-electron chi connectivity index (χ1n) is 15.5. The molecule has 0 saturated carbocycles. The Morgan fingerprint density at radius 2 is 0.596 bits per heavy atom. The van der Waals surface area contributed by atoms with E-state index < -0.39 is 0 Å². The minimum absolute atomic E-state index is 0. The first kappa shape index (κ1) is 61.9. The molecule has 0 aliphatic carbocycles. The average molecular weight is 722 g/mol. The molecular formula is C36H60N10Y-2. The van der Waals surface area contributed by atoms with Gasteiger partial charge in [0.2, 0.25) is 0 Å². The second kappa shape index (κ2) is 90.1. The Morgan fingerprint density at radius 1 is 0.362 bits per heavy atom. The predicted octanol–water partition coefficient (Wildman–Crippen LogP) is 9.65. The zero-order valence-corrected chi connectivity index (χ0v) is 33.7. The Hall–Kier alpha value is -4.02. The second-order valence-electron chi connectivity index (χ2n) is 4.94. The van der Waals surface area contributed by atoms with Crippen LogP contribution < -0.4 is 0 Å². The predicted molar refractivity (Wildman–Crippen MR) is 198 cm³/mol. The van der Waals surface area contributed by atoms with Gasteiger partial charge in [0.05, 0.1) is 0 Å². The van der Waals surface area contributed by atoms with Crippen LogP contribution in [0.3, 0.4) is 0 Å². The Morgan fingerprint density at radius 3 is 0.681 bits per heavy atom. The molecule has 5 rings (SSSR count). The molecule has 11 heteroatoms. The van der Waals surface area contributed by atoms with Crippen LogP contribution in [0, 0.1) is 6.58 Å². The first-order chi connectivity index (χ1) is 22.9. The average Bonchev–Trinajstić information content (AvgIpc) is 3.24. The third-order valence-corrected chi connectivity index (χ3v) is 2.57. The van der Waals surface area contributed by atoms with Crippen molar-refractivity contribution < 1.29 is 32.7 Å².